The Labute approximate surface area is 111 Å². The first-order valence-corrected chi connectivity index (χ1v) is 7.70. The van der Waals surface area contributed by atoms with Crippen molar-refractivity contribution >= 4 is 16.0 Å². The summed E-state index contributed by atoms with van der Waals surface area (Å²) in [6, 6.07) is 5.29. The summed E-state index contributed by atoms with van der Waals surface area (Å²) in [4.78, 5) is 11.3. The van der Waals surface area contributed by atoms with E-state index < -0.39 is 22.0 Å². The maximum Gasteiger partial charge on any atom is 0.323 e. The number of carboxylic acid groups (broad SMARTS) is 1. The third-order valence-corrected chi connectivity index (χ3v) is 5.65. The molecular formula is C13H15NO4S. The minimum Gasteiger partial charge on any atom is -0.480 e. The fraction of sp³-hybridized carbons (Fsp3) is 0.462. The van der Waals surface area contributed by atoms with Crippen LogP contribution in [-0.4, -0.2) is 35.9 Å². The van der Waals surface area contributed by atoms with Gasteiger partial charge in [0.05, 0.1) is 10.9 Å². The van der Waals surface area contributed by atoms with Crippen LogP contribution in [0.4, 0.5) is 0 Å². The smallest absolute Gasteiger partial charge is 0.323 e. The van der Waals surface area contributed by atoms with Crippen LogP contribution in [0.2, 0.25) is 0 Å². The lowest BCUT2D eigenvalue weighted by molar-refractivity contribution is -0.137. The van der Waals surface area contributed by atoms with Crippen LogP contribution in [0.5, 0.6) is 0 Å². The van der Waals surface area contributed by atoms with Gasteiger partial charge < -0.3 is 5.11 Å². The van der Waals surface area contributed by atoms with Crippen LogP contribution >= 0.6 is 0 Å². The highest BCUT2D eigenvalue weighted by molar-refractivity contribution is 7.89. The van der Waals surface area contributed by atoms with Crippen molar-refractivity contribution < 1.29 is 18.3 Å². The van der Waals surface area contributed by atoms with Gasteiger partial charge in [0.1, 0.15) is 6.04 Å². The van der Waals surface area contributed by atoms with Crippen molar-refractivity contribution in [3.05, 3.63) is 29.8 Å². The SMILES string of the molecule is Cc1ccc(S(=O)(=O)N2[C@H](C3CC3)[C@@H]2C(=O)O)cc1. The van der Waals surface area contributed by atoms with E-state index in [-0.39, 0.29) is 16.9 Å². The third-order valence-electron chi connectivity index (χ3n) is 3.76. The van der Waals surface area contributed by atoms with Crippen LogP contribution in [0.3, 0.4) is 0 Å². The lowest BCUT2D eigenvalue weighted by atomic mass is 10.2. The number of sulfonamides is 1. The van der Waals surface area contributed by atoms with E-state index in [0.29, 0.717) is 0 Å². The van der Waals surface area contributed by atoms with Crippen LogP contribution in [0.15, 0.2) is 29.2 Å². The molecule has 3 atom stereocenters. The molecule has 1 saturated carbocycles. The van der Waals surface area contributed by atoms with Gasteiger partial charge in [-0.25, -0.2) is 8.42 Å². The second kappa shape index (κ2) is 4.05. The quantitative estimate of drug-likeness (QED) is 0.842. The van der Waals surface area contributed by atoms with Crippen molar-refractivity contribution in [1.82, 2.24) is 4.31 Å². The Morgan fingerprint density at radius 1 is 1.26 bits per heavy atom. The number of carbonyl (C=O) groups is 1. The summed E-state index contributed by atoms with van der Waals surface area (Å²) in [7, 11) is -3.68. The van der Waals surface area contributed by atoms with Crippen molar-refractivity contribution in [1.29, 1.82) is 0 Å². The molecule has 0 bridgehead atoms. The van der Waals surface area contributed by atoms with Crippen LogP contribution in [0.25, 0.3) is 0 Å². The molecule has 102 valence electrons. The van der Waals surface area contributed by atoms with Gasteiger partial charge in [-0.2, -0.15) is 4.31 Å². The van der Waals surface area contributed by atoms with Crippen LogP contribution in [0.1, 0.15) is 18.4 Å². The first-order valence-electron chi connectivity index (χ1n) is 6.26. The highest BCUT2D eigenvalue weighted by atomic mass is 32.2. The van der Waals surface area contributed by atoms with Gasteiger partial charge in [-0.05, 0) is 37.8 Å². The summed E-state index contributed by atoms with van der Waals surface area (Å²) in [5, 5.41) is 9.12. The van der Waals surface area contributed by atoms with Gasteiger partial charge in [-0.3, -0.25) is 4.79 Å². The predicted octanol–water partition coefficient (Wildman–Crippen LogP) is 1.23. The number of hydrogen-bond acceptors (Lipinski definition) is 3. The maximum absolute atomic E-state index is 12.4. The summed E-state index contributed by atoms with van der Waals surface area (Å²) in [5.41, 5.74) is 0.971. The van der Waals surface area contributed by atoms with E-state index in [1.54, 1.807) is 12.1 Å². The van der Waals surface area contributed by atoms with E-state index >= 15 is 0 Å². The van der Waals surface area contributed by atoms with Crippen molar-refractivity contribution in [2.45, 2.75) is 36.7 Å². The molecule has 1 aromatic carbocycles. The Morgan fingerprint density at radius 2 is 1.84 bits per heavy atom. The average molecular weight is 281 g/mol. The van der Waals surface area contributed by atoms with Gasteiger partial charge in [0.25, 0.3) is 0 Å². The normalized spacial score (nSPS) is 30.1. The topological polar surface area (TPSA) is 74.5 Å². The number of benzene rings is 1. The molecule has 1 saturated heterocycles. The van der Waals surface area contributed by atoms with Crippen LogP contribution in [-0.2, 0) is 14.8 Å². The minimum absolute atomic E-state index is 0.174. The first kappa shape index (κ1) is 12.6. The van der Waals surface area contributed by atoms with Gasteiger partial charge in [-0.1, -0.05) is 17.7 Å². The Morgan fingerprint density at radius 3 is 2.32 bits per heavy atom. The molecule has 5 nitrogen and oxygen atoms in total. The van der Waals surface area contributed by atoms with Crippen molar-refractivity contribution in [2.24, 2.45) is 5.92 Å². The molecule has 2 fully saturated rings. The highest BCUT2D eigenvalue weighted by Crippen LogP contribution is 2.49. The fourth-order valence-electron chi connectivity index (χ4n) is 2.53. The Hall–Kier alpha value is -1.40. The monoisotopic (exact) mass is 281 g/mol. The third kappa shape index (κ3) is 2.04. The number of hydrogen-bond donors (Lipinski definition) is 1. The second-order valence-electron chi connectivity index (χ2n) is 5.26. The zero-order valence-electron chi connectivity index (χ0n) is 10.5. The van der Waals surface area contributed by atoms with Crippen molar-refractivity contribution in [3.8, 4) is 0 Å². The van der Waals surface area contributed by atoms with E-state index in [1.165, 1.54) is 12.1 Å². The van der Waals surface area contributed by atoms with Crippen molar-refractivity contribution in [3.63, 3.8) is 0 Å². The zero-order chi connectivity index (χ0) is 13.8. The number of rotatable bonds is 4. The fourth-order valence-corrected chi connectivity index (χ4v) is 4.32. The molecule has 1 unspecified atom stereocenters. The van der Waals surface area contributed by atoms with E-state index in [4.69, 9.17) is 5.11 Å². The number of aliphatic carboxylic acids is 1. The van der Waals surface area contributed by atoms with E-state index in [1.807, 2.05) is 6.92 Å². The van der Waals surface area contributed by atoms with Gasteiger partial charge in [0, 0.05) is 0 Å². The van der Waals surface area contributed by atoms with Gasteiger partial charge in [0.15, 0.2) is 0 Å². The number of carboxylic acids is 1. The molecular weight excluding hydrogens is 266 g/mol. The predicted molar refractivity (Wildman–Crippen MR) is 68.1 cm³/mol. The van der Waals surface area contributed by atoms with Crippen LogP contribution in [0, 0.1) is 12.8 Å². The molecule has 19 heavy (non-hydrogen) atoms. The molecule has 3 rings (SSSR count). The summed E-state index contributed by atoms with van der Waals surface area (Å²) >= 11 is 0. The van der Waals surface area contributed by atoms with E-state index in [2.05, 4.69) is 0 Å². The summed E-state index contributed by atoms with van der Waals surface area (Å²) in [6.07, 6.45) is 1.85. The van der Waals surface area contributed by atoms with Gasteiger partial charge in [-0.15, -0.1) is 0 Å². The molecule has 0 amide bonds. The molecule has 0 aromatic heterocycles. The Balaban J connectivity index is 1.92. The molecule has 0 radical (unpaired) electrons. The van der Waals surface area contributed by atoms with Gasteiger partial charge >= 0.3 is 5.97 Å². The Kier molecular flexibility index (Phi) is 2.69. The molecule has 1 aromatic rings. The molecule has 1 aliphatic heterocycles. The number of aryl methyl sites for hydroxylation is 1. The zero-order valence-corrected chi connectivity index (χ0v) is 11.3. The highest BCUT2D eigenvalue weighted by Gasteiger charge is 2.64. The molecule has 6 heteroatoms. The molecule has 2 aliphatic rings. The minimum atomic E-state index is -3.68. The van der Waals surface area contributed by atoms with E-state index in [9.17, 15) is 13.2 Å². The first-order chi connectivity index (χ1) is 8.93. The molecule has 1 aliphatic carbocycles. The second-order valence-corrected chi connectivity index (χ2v) is 7.10. The van der Waals surface area contributed by atoms with Crippen molar-refractivity contribution in [2.75, 3.05) is 0 Å². The molecule has 1 heterocycles. The molecule has 1 N–H and O–H groups in total. The number of nitrogens with zero attached hydrogens (tertiary/aromatic N) is 1. The summed E-state index contributed by atoms with van der Waals surface area (Å²) in [5.74, 6) is -0.825. The largest absolute Gasteiger partial charge is 0.480 e. The lowest BCUT2D eigenvalue weighted by Crippen LogP contribution is -2.19. The lowest BCUT2D eigenvalue weighted by Gasteiger charge is -2.06. The average Bonchev–Trinajstić information content (AvgIpc) is 3.20. The maximum atomic E-state index is 12.4. The Bertz CT molecular complexity index is 619. The van der Waals surface area contributed by atoms with E-state index in [0.717, 1.165) is 22.7 Å². The van der Waals surface area contributed by atoms with Gasteiger partial charge in [0.2, 0.25) is 10.0 Å². The molecule has 0 spiro atoms. The standard InChI is InChI=1S/C13H15NO4S/c1-8-2-6-10(7-3-8)19(17,18)14-11(9-4-5-9)12(14)13(15)16/h2-3,6-7,9,11-12H,4-5H2,1H3,(H,15,16)/t11-,12-,14?/m1/s1. The van der Waals surface area contributed by atoms with Crippen LogP contribution < -0.4 is 0 Å². The summed E-state index contributed by atoms with van der Waals surface area (Å²) in [6.45, 7) is 1.88. The summed E-state index contributed by atoms with van der Waals surface area (Å²) < 4.78 is 26.0.